The van der Waals surface area contributed by atoms with E-state index in [1.54, 1.807) is 0 Å². The zero-order valence-electron chi connectivity index (χ0n) is 11.8. The molecule has 1 fully saturated rings. The van der Waals surface area contributed by atoms with E-state index < -0.39 is 15.6 Å². The highest BCUT2D eigenvalue weighted by atomic mass is 35.5. The third kappa shape index (κ3) is 4.11. The van der Waals surface area contributed by atoms with Crippen LogP contribution in [-0.2, 0) is 10.0 Å². The van der Waals surface area contributed by atoms with E-state index in [0.29, 0.717) is 18.8 Å². The van der Waals surface area contributed by atoms with Crippen molar-refractivity contribution in [2.24, 2.45) is 5.92 Å². The van der Waals surface area contributed by atoms with E-state index in [-0.39, 0.29) is 21.5 Å². The van der Waals surface area contributed by atoms with Crippen LogP contribution in [0.3, 0.4) is 0 Å². The average Bonchev–Trinajstić information content (AvgIpc) is 2.43. The second-order valence-electron chi connectivity index (χ2n) is 5.78. The first-order valence-corrected chi connectivity index (χ1v) is 9.13. The number of nitrogens with one attached hydrogen (secondary N) is 1. The number of aliphatic hydroxyl groups is 1. The van der Waals surface area contributed by atoms with Crippen molar-refractivity contribution in [1.82, 2.24) is 4.72 Å². The predicted octanol–water partition coefficient (Wildman–Crippen LogP) is 3.21. The maximum Gasteiger partial charge on any atom is 0.242 e. The fourth-order valence-electron chi connectivity index (χ4n) is 2.47. The Labute approximate surface area is 135 Å². The quantitative estimate of drug-likeness (QED) is 0.874. The lowest BCUT2D eigenvalue weighted by Gasteiger charge is -2.34. The Morgan fingerprint density at radius 1 is 1.33 bits per heavy atom. The van der Waals surface area contributed by atoms with Crippen molar-refractivity contribution in [3.63, 3.8) is 0 Å². The fraction of sp³-hybridized carbons (Fsp3) is 0.571. The van der Waals surface area contributed by atoms with E-state index in [4.69, 9.17) is 23.2 Å². The SMILES string of the molecule is CC1CCC(O)(CNS(=O)(=O)c2cccc(Cl)c2Cl)CC1. The third-order valence-corrected chi connectivity index (χ3v) is 6.38. The molecule has 0 aromatic heterocycles. The van der Waals surface area contributed by atoms with Crippen molar-refractivity contribution in [3.05, 3.63) is 28.2 Å². The first kappa shape index (κ1) is 17.0. The number of hydrogen-bond donors (Lipinski definition) is 2. The number of hydrogen-bond acceptors (Lipinski definition) is 3. The normalized spacial score (nSPS) is 26.8. The van der Waals surface area contributed by atoms with Crippen LogP contribution in [0.1, 0.15) is 32.6 Å². The summed E-state index contributed by atoms with van der Waals surface area (Å²) in [5.41, 5.74) is -0.982. The molecular formula is C14H19Cl2NO3S. The standard InChI is InChI=1S/C14H19Cl2NO3S/c1-10-5-7-14(18,8-6-10)9-17-21(19,20)12-4-2-3-11(15)13(12)16/h2-4,10,17-18H,5-9H2,1H3. The van der Waals surface area contributed by atoms with Gasteiger partial charge in [0.1, 0.15) is 4.90 Å². The van der Waals surface area contributed by atoms with Crippen LogP contribution in [0.5, 0.6) is 0 Å². The molecule has 0 atom stereocenters. The van der Waals surface area contributed by atoms with Gasteiger partial charge in [-0.2, -0.15) is 0 Å². The predicted molar refractivity (Wildman–Crippen MR) is 84.2 cm³/mol. The van der Waals surface area contributed by atoms with Gasteiger partial charge in [-0.3, -0.25) is 0 Å². The van der Waals surface area contributed by atoms with Crippen molar-refractivity contribution >= 4 is 33.2 Å². The Bertz CT molecular complexity index is 611. The summed E-state index contributed by atoms with van der Waals surface area (Å²) in [6.07, 6.45) is 2.99. The van der Waals surface area contributed by atoms with Crippen LogP contribution in [0.15, 0.2) is 23.1 Å². The number of sulfonamides is 1. The molecule has 0 spiro atoms. The van der Waals surface area contributed by atoms with Gasteiger partial charge in [0.2, 0.25) is 10.0 Å². The van der Waals surface area contributed by atoms with E-state index in [1.165, 1.54) is 18.2 Å². The highest BCUT2D eigenvalue weighted by Crippen LogP contribution is 2.32. The fourth-order valence-corrected chi connectivity index (χ4v) is 4.35. The summed E-state index contributed by atoms with van der Waals surface area (Å²) >= 11 is 11.8. The molecule has 0 saturated heterocycles. The van der Waals surface area contributed by atoms with Crippen molar-refractivity contribution in [2.75, 3.05) is 6.54 Å². The summed E-state index contributed by atoms with van der Waals surface area (Å²) in [5.74, 6) is 0.573. The summed E-state index contributed by atoms with van der Waals surface area (Å²) in [5, 5.41) is 10.6. The molecular weight excluding hydrogens is 333 g/mol. The van der Waals surface area contributed by atoms with Gasteiger partial charge in [-0.15, -0.1) is 0 Å². The smallest absolute Gasteiger partial charge is 0.242 e. The Morgan fingerprint density at radius 3 is 2.57 bits per heavy atom. The lowest BCUT2D eigenvalue weighted by Crippen LogP contribution is -2.45. The number of benzene rings is 1. The zero-order valence-corrected chi connectivity index (χ0v) is 14.1. The molecule has 1 aromatic carbocycles. The molecule has 1 aliphatic carbocycles. The van der Waals surface area contributed by atoms with E-state index >= 15 is 0 Å². The van der Waals surface area contributed by atoms with Gasteiger partial charge in [-0.05, 0) is 43.7 Å². The molecule has 1 saturated carbocycles. The van der Waals surface area contributed by atoms with Gasteiger partial charge in [0.05, 0.1) is 15.6 Å². The summed E-state index contributed by atoms with van der Waals surface area (Å²) in [6, 6.07) is 4.45. The summed E-state index contributed by atoms with van der Waals surface area (Å²) in [6.45, 7) is 2.13. The molecule has 0 radical (unpaired) electrons. The molecule has 2 N–H and O–H groups in total. The molecule has 21 heavy (non-hydrogen) atoms. The molecule has 0 aliphatic heterocycles. The molecule has 0 unspecified atom stereocenters. The minimum Gasteiger partial charge on any atom is -0.389 e. The summed E-state index contributed by atoms with van der Waals surface area (Å²) in [7, 11) is -3.79. The Morgan fingerprint density at radius 2 is 1.95 bits per heavy atom. The maximum atomic E-state index is 12.3. The minimum atomic E-state index is -3.79. The van der Waals surface area contributed by atoms with E-state index in [1.807, 2.05) is 0 Å². The molecule has 0 bridgehead atoms. The van der Waals surface area contributed by atoms with Crippen molar-refractivity contribution < 1.29 is 13.5 Å². The molecule has 7 heteroatoms. The van der Waals surface area contributed by atoms with Crippen molar-refractivity contribution in [1.29, 1.82) is 0 Å². The monoisotopic (exact) mass is 351 g/mol. The van der Waals surface area contributed by atoms with Crippen LogP contribution in [0.25, 0.3) is 0 Å². The highest BCUT2D eigenvalue weighted by Gasteiger charge is 2.33. The van der Waals surface area contributed by atoms with Gasteiger partial charge in [-0.1, -0.05) is 36.2 Å². The molecule has 4 nitrogen and oxygen atoms in total. The highest BCUT2D eigenvalue weighted by molar-refractivity contribution is 7.89. The van der Waals surface area contributed by atoms with Gasteiger partial charge < -0.3 is 5.11 Å². The minimum absolute atomic E-state index is 0.00378. The van der Waals surface area contributed by atoms with Crippen molar-refractivity contribution in [3.8, 4) is 0 Å². The Hall–Kier alpha value is -0.330. The lowest BCUT2D eigenvalue weighted by atomic mass is 9.80. The molecule has 118 valence electrons. The lowest BCUT2D eigenvalue weighted by molar-refractivity contribution is -0.00182. The van der Waals surface area contributed by atoms with Gasteiger partial charge in [0.25, 0.3) is 0 Å². The van der Waals surface area contributed by atoms with Crippen molar-refractivity contribution in [2.45, 2.75) is 43.1 Å². The van der Waals surface area contributed by atoms with Crippen LogP contribution >= 0.6 is 23.2 Å². The Kier molecular flexibility index (Phi) is 5.21. The van der Waals surface area contributed by atoms with Crippen LogP contribution in [0, 0.1) is 5.92 Å². The van der Waals surface area contributed by atoms with Crippen LogP contribution in [-0.4, -0.2) is 25.7 Å². The summed E-state index contributed by atoms with van der Waals surface area (Å²) in [4.78, 5) is -0.0653. The molecule has 0 amide bonds. The van der Waals surface area contributed by atoms with E-state index in [0.717, 1.165) is 12.8 Å². The Balaban J connectivity index is 2.10. The largest absolute Gasteiger partial charge is 0.389 e. The van der Waals surface area contributed by atoms with E-state index in [2.05, 4.69) is 11.6 Å². The zero-order chi connectivity index (χ0) is 15.7. The van der Waals surface area contributed by atoms with Gasteiger partial charge in [-0.25, -0.2) is 13.1 Å². The summed E-state index contributed by atoms with van der Waals surface area (Å²) < 4.78 is 27.0. The van der Waals surface area contributed by atoms with Crippen LogP contribution < -0.4 is 4.72 Å². The second kappa shape index (κ2) is 6.42. The second-order valence-corrected chi connectivity index (χ2v) is 8.30. The van der Waals surface area contributed by atoms with Crippen LogP contribution in [0.4, 0.5) is 0 Å². The number of halogens is 2. The van der Waals surface area contributed by atoms with Crippen LogP contribution in [0.2, 0.25) is 10.0 Å². The first-order valence-electron chi connectivity index (χ1n) is 6.90. The average molecular weight is 352 g/mol. The topological polar surface area (TPSA) is 66.4 Å². The number of rotatable bonds is 4. The maximum absolute atomic E-state index is 12.3. The molecule has 2 rings (SSSR count). The van der Waals surface area contributed by atoms with Gasteiger partial charge >= 0.3 is 0 Å². The van der Waals surface area contributed by atoms with Gasteiger partial charge in [0, 0.05) is 6.54 Å². The van der Waals surface area contributed by atoms with E-state index in [9.17, 15) is 13.5 Å². The first-order chi connectivity index (χ1) is 9.73. The molecule has 1 aliphatic rings. The van der Waals surface area contributed by atoms with Gasteiger partial charge in [0.15, 0.2) is 0 Å². The molecule has 1 aromatic rings. The third-order valence-electron chi connectivity index (χ3n) is 4.00. The molecule has 0 heterocycles.